The number of nitrogens with zero attached hydrogens (tertiary/aromatic N) is 3. The third-order valence-corrected chi connectivity index (χ3v) is 5.89. The summed E-state index contributed by atoms with van der Waals surface area (Å²) in [5.41, 5.74) is 1.20. The molecule has 0 aliphatic carbocycles. The number of aryl methyl sites for hydroxylation is 1. The maximum absolute atomic E-state index is 13.0. The zero-order chi connectivity index (χ0) is 22.6. The molecule has 0 saturated heterocycles. The smallest absolute Gasteiger partial charge is 0.271 e. The number of hydrogen-bond acceptors (Lipinski definition) is 6. The number of carbonyl (C=O) groups excluding carboxylic acids is 1. The number of carbonyl (C=O) groups is 1. The van der Waals surface area contributed by atoms with Crippen molar-refractivity contribution in [1.82, 2.24) is 4.90 Å². The number of benzene rings is 2. The van der Waals surface area contributed by atoms with Gasteiger partial charge in [-0.3, -0.25) is 19.2 Å². The van der Waals surface area contributed by atoms with Crippen LogP contribution in [0.2, 0.25) is 0 Å². The van der Waals surface area contributed by atoms with E-state index >= 15 is 0 Å². The number of non-ortho nitro benzene ring substituents is 1. The molecule has 30 heavy (non-hydrogen) atoms. The van der Waals surface area contributed by atoms with Crippen LogP contribution in [0.1, 0.15) is 18.1 Å². The summed E-state index contributed by atoms with van der Waals surface area (Å²) >= 11 is 0. The summed E-state index contributed by atoms with van der Waals surface area (Å²) in [5.74, 6) is 0.243. The van der Waals surface area contributed by atoms with Gasteiger partial charge in [0.05, 0.1) is 24.0 Å². The van der Waals surface area contributed by atoms with Crippen LogP contribution in [-0.4, -0.2) is 50.6 Å². The Morgan fingerprint density at radius 1 is 1.20 bits per heavy atom. The monoisotopic (exact) mass is 435 g/mol. The molecule has 0 radical (unpaired) electrons. The van der Waals surface area contributed by atoms with E-state index < -0.39 is 26.9 Å². The van der Waals surface area contributed by atoms with Crippen LogP contribution in [0, 0.1) is 17.0 Å². The molecule has 0 heterocycles. The van der Waals surface area contributed by atoms with Crippen molar-refractivity contribution in [2.75, 3.05) is 24.7 Å². The van der Waals surface area contributed by atoms with Crippen LogP contribution in [0.5, 0.6) is 5.75 Å². The normalized spacial score (nSPS) is 12.2. The van der Waals surface area contributed by atoms with E-state index in [1.165, 1.54) is 30.0 Å². The molecule has 0 spiro atoms. The molecule has 1 amide bonds. The van der Waals surface area contributed by atoms with Gasteiger partial charge in [0.25, 0.3) is 5.69 Å². The van der Waals surface area contributed by atoms with E-state index in [0.717, 1.165) is 16.1 Å². The maximum Gasteiger partial charge on any atom is 0.271 e. The summed E-state index contributed by atoms with van der Waals surface area (Å²) in [6.45, 7) is 3.36. The number of rotatable bonds is 8. The number of likely N-dealkylation sites (N-methyl/N-ethyl adjacent to an activating group) is 1. The summed E-state index contributed by atoms with van der Waals surface area (Å²) in [6.07, 6.45) is 0.971. The van der Waals surface area contributed by atoms with Crippen molar-refractivity contribution in [3.63, 3.8) is 0 Å². The fraction of sp³-hybridized carbons (Fsp3) is 0.350. The lowest BCUT2D eigenvalue weighted by atomic mass is 10.1. The van der Waals surface area contributed by atoms with Crippen LogP contribution >= 0.6 is 0 Å². The molecule has 10 heteroatoms. The lowest BCUT2D eigenvalue weighted by Gasteiger charge is -2.32. The van der Waals surface area contributed by atoms with E-state index in [1.807, 2.05) is 12.1 Å². The van der Waals surface area contributed by atoms with Gasteiger partial charge in [-0.25, -0.2) is 8.42 Å². The molecular formula is C20H25N3O6S. The molecule has 2 aromatic carbocycles. The average molecular weight is 436 g/mol. The first-order valence-electron chi connectivity index (χ1n) is 9.08. The SMILES string of the molecule is COc1ccc(CN(C)C(=O)[C@@H](C)N(c2cc([N+](=O)[O-])ccc2C)S(C)(=O)=O)cc1. The van der Waals surface area contributed by atoms with Crippen LogP contribution < -0.4 is 9.04 Å². The summed E-state index contributed by atoms with van der Waals surface area (Å²) in [4.78, 5) is 25.0. The summed E-state index contributed by atoms with van der Waals surface area (Å²) < 4.78 is 31.1. The van der Waals surface area contributed by atoms with Gasteiger partial charge in [0.15, 0.2) is 0 Å². The van der Waals surface area contributed by atoms with E-state index in [1.54, 1.807) is 33.2 Å². The predicted octanol–water partition coefficient (Wildman–Crippen LogP) is 2.72. The van der Waals surface area contributed by atoms with E-state index in [2.05, 4.69) is 0 Å². The molecule has 1 atom stereocenters. The molecule has 0 unspecified atom stereocenters. The number of ether oxygens (including phenoxy) is 1. The van der Waals surface area contributed by atoms with Crippen molar-refractivity contribution in [2.45, 2.75) is 26.4 Å². The van der Waals surface area contributed by atoms with Crippen LogP contribution in [0.3, 0.4) is 0 Å². The Kier molecular flexibility index (Phi) is 7.04. The van der Waals surface area contributed by atoms with Crippen molar-refractivity contribution in [1.29, 1.82) is 0 Å². The molecule has 0 aliphatic rings. The van der Waals surface area contributed by atoms with Crippen molar-refractivity contribution in [3.05, 3.63) is 63.7 Å². The lowest BCUT2D eigenvalue weighted by Crippen LogP contribution is -2.48. The molecule has 2 aromatic rings. The number of nitro groups is 1. The average Bonchev–Trinajstić information content (AvgIpc) is 2.68. The number of sulfonamides is 1. The highest BCUT2D eigenvalue weighted by Crippen LogP contribution is 2.29. The van der Waals surface area contributed by atoms with Crippen LogP contribution in [0.4, 0.5) is 11.4 Å². The first-order valence-corrected chi connectivity index (χ1v) is 10.9. The Balaban J connectivity index is 2.34. The van der Waals surface area contributed by atoms with Crippen LogP contribution in [-0.2, 0) is 21.4 Å². The van der Waals surface area contributed by atoms with Crippen LogP contribution in [0.25, 0.3) is 0 Å². The molecular weight excluding hydrogens is 410 g/mol. The summed E-state index contributed by atoms with van der Waals surface area (Å²) in [6, 6.07) is 10.00. The highest BCUT2D eigenvalue weighted by atomic mass is 32.2. The van der Waals surface area contributed by atoms with Gasteiger partial charge in [0.2, 0.25) is 15.9 Å². The van der Waals surface area contributed by atoms with E-state index in [0.29, 0.717) is 11.3 Å². The summed E-state index contributed by atoms with van der Waals surface area (Å²) in [5, 5.41) is 11.2. The molecule has 0 fully saturated rings. The molecule has 0 aliphatic heterocycles. The standard InChI is InChI=1S/C20H25N3O6S/c1-14-6-9-17(23(25)26)12-19(14)22(30(5,27)28)15(2)20(24)21(3)13-16-7-10-18(29-4)11-8-16/h6-12,15H,13H2,1-5H3/t15-/m1/s1. The van der Waals surface area contributed by atoms with Crippen molar-refractivity contribution < 1.29 is 22.9 Å². The molecule has 9 nitrogen and oxygen atoms in total. The highest BCUT2D eigenvalue weighted by molar-refractivity contribution is 7.92. The Labute approximate surface area is 176 Å². The van der Waals surface area contributed by atoms with Gasteiger partial charge in [-0.05, 0) is 37.1 Å². The van der Waals surface area contributed by atoms with Gasteiger partial charge < -0.3 is 9.64 Å². The fourth-order valence-electron chi connectivity index (χ4n) is 3.13. The second kappa shape index (κ2) is 9.12. The predicted molar refractivity (Wildman–Crippen MR) is 114 cm³/mol. The van der Waals surface area contributed by atoms with E-state index in [9.17, 15) is 23.3 Å². The topological polar surface area (TPSA) is 110 Å². The van der Waals surface area contributed by atoms with Crippen molar-refractivity contribution in [2.24, 2.45) is 0 Å². The molecule has 0 bridgehead atoms. The molecule has 0 aromatic heterocycles. The first-order chi connectivity index (χ1) is 14.0. The second-order valence-corrected chi connectivity index (χ2v) is 8.86. The maximum atomic E-state index is 13.0. The third kappa shape index (κ3) is 5.26. The van der Waals surface area contributed by atoms with Gasteiger partial charge >= 0.3 is 0 Å². The molecule has 0 saturated carbocycles. The van der Waals surface area contributed by atoms with Gasteiger partial charge in [0.1, 0.15) is 11.8 Å². The first kappa shape index (κ1) is 23.1. The minimum absolute atomic E-state index is 0.102. The minimum atomic E-state index is -3.90. The zero-order valence-corrected chi connectivity index (χ0v) is 18.3. The minimum Gasteiger partial charge on any atom is -0.497 e. The highest BCUT2D eigenvalue weighted by Gasteiger charge is 2.32. The van der Waals surface area contributed by atoms with Gasteiger partial charge in [-0.15, -0.1) is 0 Å². The Morgan fingerprint density at radius 2 is 1.80 bits per heavy atom. The number of anilines is 1. The fourth-order valence-corrected chi connectivity index (χ4v) is 4.34. The van der Waals surface area contributed by atoms with Gasteiger partial charge in [-0.1, -0.05) is 18.2 Å². The van der Waals surface area contributed by atoms with Crippen molar-refractivity contribution >= 4 is 27.3 Å². The quantitative estimate of drug-likeness (QED) is 0.466. The number of methoxy groups -OCH3 is 1. The van der Waals surface area contributed by atoms with E-state index in [-0.39, 0.29) is 17.9 Å². The largest absolute Gasteiger partial charge is 0.497 e. The zero-order valence-electron chi connectivity index (χ0n) is 17.5. The number of hydrogen-bond donors (Lipinski definition) is 0. The Hall–Kier alpha value is -3.14. The Morgan fingerprint density at radius 3 is 2.30 bits per heavy atom. The summed E-state index contributed by atoms with van der Waals surface area (Å²) in [7, 11) is -0.765. The molecule has 0 N–H and O–H groups in total. The second-order valence-electron chi connectivity index (χ2n) is 7.01. The third-order valence-electron chi connectivity index (χ3n) is 4.66. The van der Waals surface area contributed by atoms with Crippen molar-refractivity contribution in [3.8, 4) is 5.75 Å². The van der Waals surface area contributed by atoms with E-state index in [4.69, 9.17) is 4.74 Å². The lowest BCUT2D eigenvalue weighted by molar-refractivity contribution is -0.384. The number of amides is 1. The Bertz CT molecular complexity index is 1040. The van der Waals surface area contributed by atoms with Gasteiger partial charge in [0, 0.05) is 25.7 Å². The number of nitro benzene ring substituents is 1. The van der Waals surface area contributed by atoms with Crippen LogP contribution in [0.15, 0.2) is 42.5 Å². The van der Waals surface area contributed by atoms with Gasteiger partial charge in [-0.2, -0.15) is 0 Å². The molecule has 2 rings (SSSR count). The molecule has 162 valence electrons.